The molecule has 5 heterocycles. The van der Waals surface area contributed by atoms with Crippen LogP contribution in [0.3, 0.4) is 0 Å². The summed E-state index contributed by atoms with van der Waals surface area (Å²) in [7, 11) is 0.868. The number of hydrogen-bond acceptors (Lipinski definition) is 13. The number of amides is 4. The van der Waals surface area contributed by atoms with Crippen LogP contribution in [0.1, 0.15) is 76.3 Å². The molecule has 3 aliphatic heterocycles. The third-order valence-electron chi connectivity index (χ3n) is 13.9. The zero-order chi connectivity index (χ0) is 56.1. The number of rotatable bonds is 18. The van der Waals surface area contributed by atoms with Gasteiger partial charge in [0, 0.05) is 73.5 Å². The number of ether oxygens (including phenoxy) is 2. The Morgan fingerprint density at radius 2 is 1.47 bits per heavy atom. The first kappa shape index (κ1) is 57.6. The van der Waals surface area contributed by atoms with Gasteiger partial charge in [0.05, 0.1) is 55.2 Å². The van der Waals surface area contributed by atoms with Gasteiger partial charge in [0.1, 0.15) is 23.7 Å². The summed E-state index contributed by atoms with van der Waals surface area (Å²) in [5, 5.41) is 32.5. The maximum absolute atomic E-state index is 16.0. The topological polar surface area (TPSA) is 229 Å². The number of alkyl carbamates (subject to hydrolysis) is 1. The van der Waals surface area contributed by atoms with E-state index in [0.717, 1.165) is 75.7 Å². The maximum atomic E-state index is 16.0. The number of nitrogens with one attached hydrogen (secondary N) is 4. The van der Waals surface area contributed by atoms with Crippen LogP contribution in [-0.4, -0.2) is 152 Å². The monoisotopic (exact) mass is 1090 g/mol. The molecule has 416 valence electrons. The number of anilines is 1. The van der Waals surface area contributed by atoms with E-state index < -0.39 is 102 Å². The number of methoxy groups -OCH3 is 1. The van der Waals surface area contributed by atoms with Gasteiger partial charge in [-0.15, -0.1) is 0 Å². The van der Waals surface area contributed by atoms with E-state index >= 15 is 8.78 Å². The molecular weight excluding hydrogens is 1030 g/mol. The number of carbonyl (C=O) groups is 4. The lowest BCUT2D eigenvalue weighted by Gasteiger charge is -2.47. The van der Waals surface area contributed by atoms with Crippen molar-refractivity contribution in [3.63, 3.8) is 0 Å². The highest BCUT2D eigenvalue weighted by molar-refractivity contribution is 5.87. The number of fused-ring (bicyclic) bond motifs is 2. The Balaban J connectivity index is 1.15. The summed E-state index contributed by atoms with van der Waals surface area (Å²) in [5.74, 6) is 1.60. The maximum Gasteiger partial charge on any atom is 0.407 e. The van der Waals surface area contributed by atoms with Gasteiger partial charge in [0.15, 0.2) is 0 Å². The molecule has 2 aromatic carbocycles. The highest BCUT2D eigenvalue weighted by Gasteiger charge is 2.56. The van der Waals surface area contributed by atoms with Crippen LogP contribution in [0.25, 0.3) is 11.3 Å². The van der Waals surface area contributed by atoms with E-state index in [1.165, 1.54) is 20.8 Å². The predicted molar refractivity (Wildman–Crippen MR) is 263 cm³/mol. The molecular formula is C51H60F7N11O8. The van der Waals surface area contributed by atoms with Crippen molar-refractivity contribution in [1.29, 1.82) is 0 Å². The van der Waals surface area contributed by atoms with Crippen LogP contribution in [0.15, 0.2) is 61.1 Å². The Labute approximate surface area is 438 Å². The van der Waals surface area contributed by atoms with Gasteiger partial charge >= 0.3 is 24.9 Å². The van der Waals surface area contributed by atoms with Crippen molar-refractivity contribution >= 4 is 29.9 Å². The SMILES string of the molecule is COC(=O)NC(C(=O)NC(Cc1ccc(C#Cc2cnc(N3CC4CCC(C3)N4C3COC3)nc2)cc1)C(O)CN(Cc1c(F)cc(-c2ccn(C(F)F)n2)cc1F)NC(=O)C(NC(=O)O)C(C)(C)C)C(C)(C)C(F)(F)F. The second-order valence-corrected chi connectivity index (χ2v) is 20.8. The summed E-state index contributed by atoms with van der Waals surface area (Å²) < 4.78 is 112. The van der Waals surface area contributed by atoms with E-state index in [2.05, 4.69) is 57.5 Å². The summed E-state index contributed by atoms with van der Waals surface area (Å²) in [5.41, 5.74) is -1.53. The quantitative estimate of drug-likeness (QED) is 0.0418. The number of piperazine rings is 1. The molecule has 26 heteroatoms. The zero-order valence-electron chi connectivity index (χ0n) is 42.9. The van der Waals surface area contributed by atoms with Crippen LogP contribution in [0, 0.1) is 34.3 Å². The minimum absolute atomic E-state index is 0.221. The predicted octanol–water partition coefficient (Wildman–Crippen LogP) is 5.38. The lowest BCUT2D eigenvalue weighted by atomic mass is 9.82. The minimum Gasteiger partial charge on any atom is -0.465 e. The normalized spacial score (nSPS) is 18.6. The van der Waals surface area contributed by atoms with Gasteiger partial charge in [-0.05, 0) is 74.4 Å². The number of carboxylic acid groups (broad SMARTS) is 1. The number of hydrogen-bond donors (Lipinski definition) is 6. The van der Waals surface area contributed by atoms with Crippen molar-refractivity contribution in [2.75, 3.05) is 44.9 Å². The zero-order valence-corrected chi connectivity index (χ0v) is 42.9. The van der Waals surface area contributed by atoms with Gasteiger partial charge < -0.3 is 40.5 Å². The molecule has 2 aromatic heterocycles. The van der Waals surface area contributed by atoms with E-state index in [1.54, 1.807) is 36.7 Å². The molecule has 7 rings (SSSR count). The van der Waals surface area contributed by atoms with Crippen LogP contribution >= 0.6 is 0 Å². The van der Waals surface area contributed by atoms with Crippen LogP contribution in [0.4, 0.5) is 46.3 Å². The van der Waals surface area contributed by atoms with Crippen LogP contribution < -0.4 is 26.3 Å². The highest BCUT2D eigenvalue weighted by Crippen LogP contribution is 2.41. The van der Waals surface area contributed by atoms with Gasteiger partial charge in [0.2, 0.25) is 11.9 Å². The molecule has 0 radical (unpaired) electrons. The highest BCUT2D eigenvalue weighted by atomic mass is 19.4. The van der Waals surface area contributed by atoms with Crippen molar-refractivity contribution in [2.24, 2.45) is 10.8 Å². The molecule has 3 aliphatic rings. The van der Waals surface area contributed by atoms with Crippen LogP contribution in [0.5, 0.6) is 0 Å². The fourth-order valence-electron chi connectivity index (χ4n) is 9.44. The van der Waals surface area contributed by atoms with Gasteiger partial charge in [-0.3, -0.25) is 19.9 Å². The lowest BCUT2D eigenvalue weighted by molar-refractivity contribution is -0.220. The Hall–Kier alpha value is -7.08. The van der Waals surface area contributed by atoms with Crippen molar-refractivity contribution in [2.45, 2.75) is 116 Å². The van der Waals surface area contributed by atoms with Gasteiger partial charge in [-0.2, -0.15) is 27.1 Å². The van der Waals surface area contributed by atoms with Gasteiger partial charge in [-0.1, -0.05) is 44.7 Å². The second kappa shape index (κ2) is 23.7. The second-order valence-electron chi connectivity index (χ2n) is 20.8. The first-order valence-electron chi connectivity index (χ1n) is 24.5. The Bertz CT molecular complexity index is 2780. The molecule has 0 aliphatic carbocycles. The van der Waals surface area contributed by atoms with Gasteiger partial charge in [0.25, 0.3) is 5.91 Å². The number of nitrogens with zero attached hydrogens (tertiary/aromatic N) is 7. The molecule has 2 bridgehead atoms. The largest absolute Gasteiger partial charge is 0.465 e. The molecule has 6 atom stereocenters. The number of benzene rings is 2. The molecule has 4 aromatic rings. The van der Waals surface area contributed by atoms with E-state index in [1.807, 2.05) is 5.32 Å². The summed E-state index contributed by atoms with van der Waals surface area (Å²) in [4.78, 5) is 66.1. The number of alkyl halides is 5. The summed E-state index contributed by atoms with van der Waals surface area (Å²) in [6, 6.07) is 4.73. The molecule has 3 saturated heterocycles. The number of carbonyl (C=O) groups excluding carboxylic acids is 3. The number of aromatic nitrogens is 4. The number of aliphatic hydroxyl groups is 1. The summed E-state index contributed by atoms with van der Waals surface area (Å²) in [6.07, 6.45) is -4.06. The van der Waals surface area contributed by atoms with Crippen LogP contribution in [-0.2, 0) is 32.0 Å². The first-order valence-corrected chi connectivity index (χ1v) is 24.5. The average Bonchev–Trinajstić information content (AvgIpc) is 3.95. The Morgan fingerprint density at radius 1 is 0.857 bits per heavy atom. The first-order chi connectivity index (χ1) is 36.2. The third kappa shape index (κ3) is 13.9. The van der Waals surface area contributed by atoms with E-state index in [-0.39, 0.29) is 22.4 Å². The van der Waals surface area contributed by atoms with E-state index in [4.69, 9.17) is 4.74 Å². The number of hydrazine groups is 1. The van der Waals surface area contributed by atoms with Crippen molar-refractivity contribution in [3.05, 3.63) is 94.9 Å². The molecule has 6 unspecified atom stereocenters. The fraction of sp³-hybridized carbons (Fsp3) is 0.510. The van der Waals surface area contributed by atoms with E-state index in [0.29, 0.717) is 54.6 Å². The average molecular weight is 1090 g/mol. The molecule has 77 heavy (non-hydrogen) atoms. The molecule has 0 saturated carbocycles. The Morgan fingerprint density at radius 3 is 1.99 bits per heavy atom. The third-order valence-corrected chi connectivity index (χ3v) is 13.9. The fourth-order valence-corrected chi connectivity index (χ4v) is 9.44. The molecule has 19 nitrogen and oxygen atoms in total. The lowest BCUT2D eigenvalue weighted by Crippen LogP contribution is -2.63. The number of aliphatic hydroxyl groups excluding tert-OH is 1. The molecule has 3 fully saturated rings. The molecule has 0 spiro atoms. The standard InChI is InChI=1S/C51H60F7N11O8/c1-49(2,3)41(62-47(73)74)44(72)65-67(24-35-36(52)18-31(19-37(35)53)38-15-16-68(64-38)45(54)55)25-40(70)39(61-43(71)42(63-48(75)76-6)50(4,5)51(56,57)58)17-29-10-7-28(8-11-29)9-12-30-20-59-46(60-21-30)66-22-32-13-14-33(23-66)69(32)34-26-77-27-34/h7-8,10-11,15-16,18-21,32-34,39-42,45,62,70H,13-14,17,22-27H2,1-6H3,(H,61,71)(H,63,75)(H,65,72)(H,73,74). The minimum atomic E-state index is -5.10. The van der Waals surface area contributed by atoms with E-state index in [9.17, 15) is 51.3 Å². The number of halogens is 7. The molecule has 4 amide bonds. The van der Waals surface area contributed by atoms with Crippen LogP contribution in [0.2, 0.25) is 0 Å². The Kier molecular flexibility index (Phi) is 17.7. The van der Waals surface area contributed by atoms with Crippen molar-refractivity contribution in [1.82, 2.24) is 51.0 Å². The van der Waals surface area contributed by atoms with Crippen molar-refractivity contribution in [3.8, 4) is 23.1 Å². The molecule has 6 N–H and O–H groups in total. The van der Waals surface area contributed by atoms with Gasteiger partial charge in [-0.25, -0.2) is 38.0 Å². The summed E-state index contributed by atoms with van der Waals surface area (Å²) in [6.45, 7) is 4.13. The van der Waals surface area contributed by atoms with Crippen molar-refractivity contribution < 1.29 is 69.6 Å². The summed E-state index contributed by atoms with van der Waals surface area (Å²) >= 11 is 0. The smallest absolute Gasteiger partial charge is 0.407 e.